The molecule has 0 amide bonds. The second-order valence-corrected chi connectivity index (χ2v) is 4.56. The Kier molecular flexibility index (Phi) is 2.60. The summed E-state index contributed by atoms with van der Waals surface area (Å²) in [6.45, 7) is 1.97. The molecule has 0 spiro atoms. The molecular weight excluding hydrogens is 238 g/mol. The highest BCUT2D eigenvalue weighted by Gasteiger charge is 2.09. The maximum absolute atomic E-state index is 12.1. The molecule has 0 fully saturated rings. The minimum Gasteiger partial charge on any atom is -0.422 e. The molecule has 1 heterocycles. The monoisotopic (exact) mass is 251 g/mol. The predicted molar refractivity (Wildman–Crippen MR) is 77.1 cm³/mol. The molecule has 0 unspecified atom stereocenters. The largest absolute Gasteiger partial charge is 0.422 e. The van der Waals surface area contributed by atoms with Crippen LogP contribution >= 0.6 is 0 Å². The average Bonchev–Trinajstić information content (AvgIpc) is 2.39. The van der Waals surface area contributed by atoms with Gasteiger partial charge in [-0.15, -0.1) is 0 Å². The summed E-state index contributed by atoms with van der Waals surface area (Å²) in [6.07, 6.45) is 0. The topological polar surface area (TPSA) is 56.2 Å². The van der Waals surface area contributed by atoms with Crippen LogP contribution in [0.4, 0.5) is 5.69 Å². The third-order valence-electron chi connectivity index (χ3n) is 3.19. The zero-order valence-electron chi connectivity index (χ0n) is 10.5. The Bertz CT molecular complexity index is 818. The van der Waals surface area contributed by atoms with Gasteiger partial charge in [0.1, 0.15) is 5.58 Å². The molecular formula is C16H13NO2. The van der Waals surface area contributed by atoms with Crippen molar-refractivity contribution < 1.29 is 4.42 Å². The summed E-state index contributed by atoms with van der Waals surface area (Å²) in [5, 5.41) is 0.831. The van der Waals surface area contributed by atoms with Crippen molar-refractivity contribution in [2.45, 2.75) is 6.92 Å². The van der Waals surface area contributed by atoms with Gasteiger partial charge in [-0.05, 0) is 42.3 Å². The van der Waals surface area contributed by atoms with E-state index >= 15 is 0 Å². The third kappa shape index (κ3) is 1.99. The molecule has 0 bridgehead atoms. The number of fused-ring (bicyclic) bond motifs is 1. The highest BCUT2D eigenvalue weighted by atomic mass is 16.4. The van der Waals surface area contributed by atoms with Crippen LogP contribution in [0.15, 0.2) is 57.7 Å². The minimum atomic E-state index is -0.327. The van der Waals surface area contributed by atoms with Crippen molar-refractivity contribution in [3.05, 3.63) is 64.5 Å². The number of hydrogen-bond acceptors (Lipinski definition) is 3. The van der Waals surface area contributed by atoms with Gasteiger partial charge in [-0.2, -0.15) is 0 Å². The lowest BCUT2D eigenvalue weighted by molar-refractivity contribution is 0.563. The molecule has 2 N–H and O–H groups in total. The molecule has 94 valence electrons. The van der Waals surface area contributed by atoms with Crippen molar-refractivity contribution in [1.29, 1.82) is 0 Å². The number of benzene rings is 2. The highest BCUT2D eigenvalue weighted by Crippen LogP contribution is 2.24. The van der Waals surface area contributed by atoms with Gasteiger partial charge in [0.05, 0.1) is 5.56 Å². The fraction of sp³-hybridized carbons (Fsp3) is 0.0625. The number of anilines is 1. The first-order valence-electron chi connectivity index (χ1n) is 6.04. The zero-order valence-corrected chi connectivity index (χ0v) is 10.5. The van der Waals surface area contributed by atoms with Crippen LogP contribution in [-0.2, 0) is 0 Å². The normalized spacial score (nSPS) is 10.8. The van der Waals surface area contributed by atoms with Gasteiger partial charge in [0.2, 0.25) is 0 Å². The van der Waals surface area contributed by atoms with Crippen LogP contribution in [0.5, 0.6) is 0 Å². The van der Waals surface area contributed by atoms with Gasteiger partial charge in [-0.25, -0.2) is 4.79 Å². The van der Waals surface area contributed by atoms with Crippen LogP contribution in [0.3, 0.4) is 0 Å². The summed E-state index contributed by atoms with van der Waals surface area (Å²) >= 11 is 0. The van der Waals surface area contributed by atoms with Gasteiger partial charge in [0.15, 0.2) is 0 Å². The van der Waals surface area contributed by atoms with E-state index in [9.17, 15) is 4.79 Å². The first-order chi connectivity index (χ1) is 9.15. The Morgan fingerprint density at radius 1 is 1.00 bits per heavy atom. The standard InChI is InChI=1S/C16H13NO2/c1-10-4-2-3-5-13(10)14-9-11-8-12(17)6-7-15(11)19-16(14)18/h2-9H,17H2,1H3. The molecule has 1 aromatic heterocycles. The van der Waals surface area contributed by atoms with Crippen molar-refractivity contribution in [3.8, 4) is 11.1 Å². The second kappa shape index (κ2) is 4.28. The van der Waals surface area contributed by atoms with Crippen LogP contribution in [0.25, 0.3) is 22.1 Å². The van der Waals surface area contributed by atoms with Gasteiger partial charge < -0.3 is 10.2 Å². The van der Waals surface area contributed by atoms with E-state index in [4.69, 9.17) is 10.2 Å². The van der Waals surface area contributed by atoms with E-state index in [1.807, 2.05) is 37.3 Å². The predicted octanol–water partition coefficient (Wildman–Crippen LogP) is 3.35. The molecule has 0 atom stereocenters. The maximum Gasteiger partial charge on any atom is 0.344 e. The van der Waals surface area contributed by atoms with E-state index in [-0.39, 0.29) is 5.63 Å². The molecule has 19 heavy (non-hydrogen) atoms. The molecule has 3 heteroatoms. The molecule has 2 aromatic carbocycles. The first kappa shape index (κ1) is 11.5. The summed E-state index contributed by atoms with van der Waals surface area (Å²) < 4.78 is 5.35. The van der Waals surface area contributed by atoms with Crippen molar-refractivity contribution in [2.24, 2.45) is 0 Å². The summed E-state index contributed by atoms with van der Waals surface area (Å²) in [7, 11) is 0. The molecule has 3 rings (SSSR count). The minimum absolute atomic E-state index is 0.327. The lowest BCUT2D eigenvalue weighted by Gasteiger charge is -2.06. The van der Waals surface area contributed by atoms with Crippen molar-refractivity contribution in [2.75, 3.05) is 5.73 Å². The Morgan fingerprint density at radius 2 is 1.79 bits per heavy atom. The van der Waals surface area contributed by atoms with E-state index in [2.05, 4.69) is 0 Å². The number of aryl methyl sites for hydroxylation is 1. The molecule has 0 aliphatic rings. The van der Waals surface area contributed by atoms with Crippen LogP contribution in [0, 0.1) is 6.92 Å². The fourth-order valence-electron chi connectivity index (χ4n) is 2.20. The number of nitrogen functional groups attached to an aromatic ring is 1. The molecule has 3 aromatic rings. The van der Waals surface area contributed by atoms with Gasteiger partial charge in [-0.1, -0.05) is 24.3 Å². The number of rotatable bonds is 1. The van der Waals surface area contributed by atoms with E-state index in [1.54, 1.807) is 18.2 Å². The third-order valence-corrected chi connectivity index (χ3v) is 3.19. The van der Waals surface area contributed by atoms with Crippen LogP contribution in [0.1, 0.15) is 5.56 Å². The van der Waals surface area contributed by atoms with Gasteiger partial charge in [-0.3, -0.25) is 0 Å². The van der Waals surface area contributed by atoms with Crippen molar-refractivity contribution in [3.63, 3.8) is 0 Å². The number of hydrogen-bond donors (Lipinski definition) is 1. The summed E-state index contributed by atoms with van der Waals surface area (Å²) in [5.41, 5.74) is 9.13. The SMILES string of the molecule is Cc1ccccc1-c1cc2cc(N)ccc2oc1=O. The van der Waals surface area contributed by atoms with E-state index < -0.39 is 0 Å². The first-order valence-corrected chi connectivity index (χ1v) is 6.04. The van der Waals surface area contributed by atoms with Gasteiger partial charge in [0, 0.05) is 11.1 Å². The zero-order chi connectivity index (χ0) is 13.4. The van der Waals surface area contributed by atoms with Crippen LogP contribution < -0.4 is 11.4 Å². The number of nitrogens with two attached hydrogens (primary N) is 1. The van der Waals surface area contributed by atoms with E-state index in [0.717, 1.165) is 16.5 Å². The van der Waals surface area contributed by atoms with E-state index in [0.29, 0.717) is 16.8 Å². The molecule has 0 aliphatic carbocycles. The summed E-state index contributed by atoms with van der Waals surface area (Å²) in [6, 6.07) is 14.8. The average molecular weight is 251 g/mol. The van der Waals surface area contributed by atoms with Gasteiger partial charge >= 0.3 is 5.63 Å². The summed E-state index contributed by atoms with van der Waals surface area (Å²) in [5.74, 6) is 0. The highest BCUT2D eigenvalue weighted by molar-refractivity contribution is 5.84. The smallest absolute Gasteiger partial charge is 0.344 e. The van der Waals surface area contributed by atoms with Gasteiger partial charge in [0.25, 0.3) is 0 Å². The summed E-state index contributed by atoms with van der Waals surface area (Å²) in [4.78, 5) is 12.1. The molecule has 0 radical (unpaired) electrons. The molecule has 0 saturated heterocycles. The Labute approximate surface area is 110 Å². The maximum atomic E-state index is 12.1. The Balaban J connectivity index is 2.33. The lowest BCUT2D eigenvalue weighted by Crippen LogP contribution is -2.03. The van der Waals surface area contributed by atoms with Crippen molar-refractivity contribution >= 4 is 16.7 Å². The van der Waals surface area contributed by atoms with Crippen LogP contribution in [-0.4, -0.2) is 0 Å². The van der Waals surface area contributed by atoms with Crippen LogP contribution in [0.2, 0.25) is 0 Å². The molecule has 0 saturated carbocycles. The Morgan fingerprint density at radius 3 is 2.58 bits per heavy atom. The molecule has 3 nitrogen and oxygen atoms in total. The quantitative estimate of drug-likeness (QED) is 0.533. The fourth-order valence-corrected chi connectivity index (χ4v) is 2.20. The van der Waals surface area contributed by atoms with E-state index in [1.165, 1.54) is 0 Å². The van der Waals surface area contributed by atoms with Crippen molar-refractivity contribution in [1.82, 2.24) is 0 Å². The lowest BCUT2D eigenvalue weighted by atomic mass is 10.0. The Hall–Kier alpha value is -2.55. The molecule has 0 aliphatic heterocycles. The second-order valence-electron chi connectivity index (χ2n) is 4.56.